The van der Waals surface area contributed by atoms with Crippen LogP contribution in [0.3, 0.4) is 0 Å². The molecule has 0 aromatic carbocycles. The van der Waals surface area contributed by atoms with Crippen LogP contribution >= 0.6 is 0 Å². The van der Waals surface area contributed by atoms with Crippen molar-refractivity contribution < 1.29 is 86.5 Å². The van der Waals surface area contributed by atoms with Gasteiger partial charge >= 0.3 is 53.6 Å². The van der Waals surface area contributed by atoms with Crippen molar-refractivity contribution in [3.8, 4) is 0 Å². The molecule has 0 radical (unpaired) electrons. The molecule has 0 spiro atoms. The molecule has 0 atom stereocenters. The third-order valence-corrected chi connectivity index (χ3v) is 2.92. The van der Waals surface area contributed by atoms with Gasteiger partial charge in [-0.1, -0.05) is 0 Å². The third kappa shape index (κ3) is 56.5. The van der Waals surface area contributed by atoms with Gasteiger partial charge in [-0.3, -0.25) is 0 Å². The molecule has 0 rings (SSSR count). The minimum atomic E-state index is -5.76. The Bertz CT molecular complexity index is 234. The van der Waals surface area contributed by atoms with Crippen LogP contribution in [-0.2, 0) is 45.3 Å². The molecule has 13 nitrogen and oxygen atoms in total. The van der Waals surface area contributed by atoms with Gasteiger partial charge in [0, 0.05) is 0 Å². The Morgan fingerprint density at radius 1 is 0.600 bits per heavy atom. The first-order chi connectivity index (χ1) is 3.71. The Morgan fingerprint density at radius 2 is 0.733 bits per heavy atom. The molecular formula is H14Cr2O13. The summed E-state index contributed by atoms with van der Waals surface area (Å²) < 4.78 is 56.3. The van der Waals surface area contributed by atoms with Crippen molar-refractivity contribution >= 4 is 0 Å². The maximum atomic E-state index is 9.53. The molecule has 0 aromatic rings. The molecule has 15 heavy (non-hydrogen) atoms. The zero-order valence-corrected chi connectivity index (χ0v) is 9.30. The van der Waals surface area contributed by atoms with Crippen molar-refractivity contribution in [3.05, 3.63) is 0 Å². The van der Waals surface area contributed by atoms with Crippen molar-refractivity contribution in [2.75, 3.05) is 0 Å². The van der Waals surface area contributed by atoms with E-state index >= 15 is 0 Å². The van der Waals surface area contributed by atoms with E-state index in [4.69, 9.17) is 8.32 Å². The summed E-state index contributed by atoms with van der Waals surface area (Å²) in [5.74, 6) is 0. The number of hydrogen-bond donors (Lipinski definition) is 2. The summed E-state index contributed by atoms with van der Waals surface area (Å²) in [5.41, 5.74) is 0. The number of rotatable bonds is 2. The van der Waals surface area contributed by atoms with E-state index in [9.17, 15) is 15.2 Å². The summed E-state index contributed by atoms with van der Waals surface area (Å²) >= 11 is -11.5. The van der Waals surface area contributed by atoms with E-state index in [-0.39, 0.29) is 32.9 Å². The summed E-state index contributed by atoms with van der Waals surface area (Å²) in [4.78, 5) is 0. The van der Waals surface area contributed by atoms with Gasteiger partial charge in [0.1, 0.15) is 0 Å². The predicted octanol–water partition coefficient (Wildman–Crippen LogP) is -6.61. The Hall–Kier alpha value is -0.0951. The standard InChI is InChI=1S/2Cr.8H2O.5O/h;;8*1H2;;;;;/q2*+1;;;;;;;;;;;;;/p-2. The second kappa shape index (κ2) is 13.9. The van der Waals surface area contributed by atoms with Crippen LogP contribution < -0.4 is 0 Å². The van der Waals surface area contributed by atoms with E-state index in [1.54, 1.807) is 0 Å². The average molecular weight is 326 g/mol. The van der Waals surface area contributed by atoms with Gasteiger partial charge in [0.25, 0.3) is 0 Å². The van der Waals surface area contributed by atoms with Crippen molar-refractivity contribution in [1.82, 2.24) is 0 Å². The monoisotopic (exact) mass is 326 g/mol. The van der Waals surface area contributed by atoms with E-state index in [0.29, 0.717) is 0 Å². The molecule has 0 amide bonds. The first kappa shape index (κ1) is 46.1. The predicted molar refractivity (Wildman–Crippen MR) is 30.0 cm³/mol. The molecule has 0 aliphatic carbocycles. The zero-order chi connectivity index (χ0) is 7.71. The van der Waals surface area contributed by atoms with Gasteiger partial charge in [0.15, 0.2) is 0 Å². The van der Waals surface area contributed by atoms with Crippen LogP contribution in [0.5, 0.6) is 0 Å². The summed E-state index contributed by atoms with van der Waals surface area (Å²) in [6.45, 7) is 0. The molecule has 14 N–H and O–H groups in total. The normalized spacial score (nSPS) is 8.13. The average Bonchev–Trinajstić information content (AvgIpc) is 1.14. The van der Waals surface area contributed by atoms with Crippen LogP contribution in [0.2, 0.25) is 0 Å². The first-order valence-corrected chi connectivity index (χ1v) is 5.63. The van der Waals surface area contributed by atoms with Gasteiger partial charge < -0.3 is 32.9 Å². The molecule has 0 aliphatic rings. The summed E-state index contributed by atoms with van der Waals surface area (Å²) in [5, 5.41) is 0. The quantitative estimate of drug-likeness (QED) is 0.493. The molecule has 0 aliphatic heterocycles. The van der Waals surface area contributed by atoms with E-state index < -0.39 is 27.2 Å². The van der Waals surface area contributed by atoms with Gasteiger partial charge in [-0.25, -0.2) is 0 Å². The van der Waals surface area contributed by atoms with E-state index in [1.165, 1.54) is 0 Å². The fourth-order valence-corrected chi connectivity index (χ4v) is 1.85. The number of hydrogen-bond acceptors (Lipinski definition) is 5. The van der Waals surface area contributed by atoms with Crippen LogP contribution in [0.1, 0.15) is 0 Å². The maximum absolute atomic E-state index is 9.53. The van der Waals surface area contributed by atoms with Gasteiger partial charge in [0.05, 0.1) is 0 Å². The van der Waals surface area contributed by atoms with Gasteiger partial charge in [0.2, 0.25) is 0 Å². The fraction of sp³-hybridized carbons (Fsp3) is 0. The summed E-state index contributed by atoms with van der Waals surface area (Å²) in [6, 6.07) is 0. The van der Waals surface area contributed by atoms with Gasteiger partial charge in [-0.05, 0) is 0 Å². The van der Waals surface area contributed by atoms with E-state index in [1.807, 2.05) is 0 Å². The molecule has 0 fully saturated rings. The molecule has 15 heteroatoms. The minimum absolute atomic E-state index is 0. The third-order valence-electron chi connectivity index (χ3n) is 0.172. The molecule has 0 aromatic heterocycles. The molecule has 104 valence electrons. The zero-order valence-electron chi connectivity index (χ0n) is 6.75. The van der Waals surface area contributed by atoms with Crippen LogP contribution in [-0.4, -0.2) is 41.2 Å². The van der Waals surface area contributed by atoms with Crippen LogP contribution in [0.4, 0.5) is 0 Å². The second-order valence-electron chi connectivity index (χ2n) is 0.924. The van der Waals surface area contributed by atoms with E-state index in [2.05, 4.69) is 2.84 Å². The van der Waals surface area contributed by atoms with Crippen molar-refractivity contribution in [1.29, 1.82) is 0 Å². The van der Waals surface area contributed by atoms with Crippen LogP contribution in [0, 0.1) is 0 Å². The fourth-order valence-electron chi connectivity index (χ4n) is 0.109. The Morgan fingerprint density at radius 3 is 0.733 bits per heavy atom. The molecule has 0 saturated heterocycles. The molecular weight excluding hydrogens is 312 g/mol. The van der Waals surface area contributed by atoms with Crippen molar-refractivity contribution in [3.63, 3.8) is 0 Å². The summed E-state index contributed by atoms with van der Waals surface area (Å²) in [6.07, 6.45) is 0. The topological polar surface area (TPSA) is 307 Å². The van der Waals surface area contributed by atoms with Crippen LogP contribution in [0.25, 0.3) is 0 Å². The SMILES string of the molecule is O.O.O.O.O.O.[O]=[Cr](=[O])([OH])[O][Cr](=[O])(=[O])[OH]. The van der Waals surface area contributed by atoms with E-state index in [0.717, 1.165) is 0 Å². The van der Waals surface area contributed by atoms with Crippen LogP contribution in [0.15, 0.2) is 0 Å². The summed E-state index contributed by atoms with van der Waals surface area (Å²) in [7, 11) is 0. The van der Waals surface area contributed by atoms with Gasteiger partial charge in [-0.2, -0.15) is 0 Å². The molecule has 0 heterocycles. The van der Waals surface area contributed by atoms with Crippen molar-refractivity contribution in [2.45, 2.75) is 0 Å². The Labute approximate surface area is 86.9 Å². The Balaban J connectivity index is -0.0000000213. The molecule has 0 saturated carbocycles. The second-order valence-corrected chi connectivity index (χ2v) is 4.68. The van der Waals surface area contributed by atoms with Gasteiger partial charge in [-0.15, -0.1) is 0 Å². The Kier molecular flexibility index (Phi) is 42.8. The molecule has 0 unspecified atom stereocenters. The molecule has 0 bridgehead atoms. The van der Waals surface area contributed by atoms with Crippen molar-refractivity contribution in [2.24, 2.45) is 0 Å². The first-order valence-electron chi connectivity index (χ1n) is 1.37.